The van der Waals surface area contributed by atoms with Gasteiger partial charge in [-0.1, -0.05) is 18.6 Å². The molecule has 20 heavy (non-hydrogen) atoms. The van der Waals surface area contributed by atoms with Crippen molar-refractivity contribution in [3.8, 4) is 5.75 Å². The number of benzene rings is 1. The van der Waals surface area contributed by atoms with Crippen molar-refractivity contribution < 1.29 is 9.84 Å². The van der Waals surface area contributed by atoms with Crippen LogP contribution in [0.25, 0.3) is 0 Å². The summed E-state index contributed by atoms with van der Waals surface area (Å²) < 4.78 is 5.73. The first-order chi connectivity index (χ1) is 9.70. The number of aliphatic hydroxyl groups is 1. The summed E-state index contributed by atoms with van der Waals surface area (Å²) in [6.45, 7) is 2.42. The van der Waals surface area contributed by atoms with Crippen molar-refractivity contribution in [2.75, 3.05) is 26.3 Å². The number of nitrogens with two attached hydrogens (primary N) is 1. The molecule has 0 amide bonds. The predicted octanol–water partition coefficient (Wildman–Crippen LogP) is 1.55. The lowest BCUT2D eigenvalue weighted by atomic mass is 9.91. The number of ether oxygens (including phenoxy) is 1. The van der Waals surface area contributed by atoms with Crippen LogP contribution in [0.2, 0.25) is 0 Å². The van der Waals surface area contributed by atoms with Gasteiger partial charge in [0.15, 0.2) is 0 Å². The molecule has 1 aromatic rings. The van der Waals surface area contributed by atoms with E-state index in [0.717, 1.165) is 24.4 Å². The highest BCUT2D eigenvalue weighted by molar-refractivity contribution is 7.80. The minimum absolute atomic E-state index is 0.207. The molecule has 0 unspecified atom stereocenters. The van der Waals surface area contributed by atoms with E-state index < -0.39 is 0 Å². The van der Waals surface area contributed by atoms with E-state index in [1.165, 1.54) is 19.3 Å². The van der Waals surface area contributed by atoms with Crippen LogP contribution in [0.15, 0.2) is 24.3 Å². The van der Waals surface area contributed by atoms with Gasteiger partial charge in [-0.25, -0.2) is 0 Å². The van der Waals surface area contributed by atoms with Gasteiger partial charge in [-0.15, -0.1) is 0 Å². The fourth-order valence-corrected chi connectivity index (χ4v) is 2.49. The van der Waals surface area contributed by atoms with Gasteiger partial charge in [0.25, 0.3) is 0 Å². The topological polar surface area (TPSA) is 58.7 Å². The van der Waals surface area contributed by atoms with E-state index in [2.05, 4.69) is 4.90 Å². The Hall–Kier alpha value is -1.17. The van der Waals surface area contributed by atoms with E-state index in [1.54, 1.807) is 0 Å². The largest absolute Gasteiger partial charge is 0.492 e. The third-order valence-corrected chi connectivity index (χ3v) is 4.00. The van der Waals surface area contributed by atoms with E-state index in [1.807, 2.05) is 24.3 Å². The molecule has 0 spiro atoms. The minimum Gasteiger partial charge on any atom is -0.492 e. The van der Waals surface area contributed by atoms with Crippen LogP contribution in [0.4, 0.5) is 0 Å². The SMILES string of the molecule is NC(=S)c1ccc(OCCN(CCO)C2CCC2)cc1. The first-order valence-electron chi connectivity index (χ1n) is 7.08. The monoisotopic (exact) mass is 294 g/mol. The predicted molar refractivity (Wildman–Crippen MR) is 84.1 cm³/mol. The molecule has 1 fully saturated rings. The number of hydrogen-bond donors (Lipinski definition) is 2. The van der Waals surface area contributed by atoms with Crippen LogP contribution in [-0.2, 0) is 0 Å². The summed E-state index contributed by atoms with van der Waals surface area (Å²) in [4.78, 5) is 2.71. The summed E-state index contributed by atoms with van der Waals surface area (Å²) in [5.74, 6) is 0.822. The van der Waals surface area contributed by atoms with Crippen LogP contribution >= 0.6 is 12.2 Å². The molecule has 0 saturated heterocycles. The molecule has 0 atom stereocenters. The maximum absolute atomic E-state index is 9.10. The normalized spacial score (nSPS) is 15.1. The fraction of sp³-hybridized carbons (Fsp3) is 0.533. The average molecular weight is 294 g/mol. The molecule has 5 heteroatoms. The Bertz CT molecular complexity index is 432. The lowest BCUT2D eigenvalue weighted by Gasteiger charge is -2.37. The van der Waals surface area contributed by atoms with Crippen LogP contribution in [0, 0.1) is 0 Å². The molecule has 0 heterocycles. The lowest BCUT2D eigenvalue weighted by molar-refractivity contribution is 0.0860. The third-order valence-electron chi connectivity index (χ3n) is 3.76. The van der Waals surface area contributed by atoms with Crippen molar-refractivity contribution in [3.05, 3.63) is 29.8 Å². The number of nitrogens with zero attached hydrogens (tertiary/aromatic N) is 1. The molecule has 0 aromatic heterocycles. The summed E-state index contributed by atoms with van der Waals surface area (Å²) in [6.07, 6.45) is 3.78. The Morgan fingerprint density at radius 2 is 2.00 bits per heavy atom. The van der Waals surface area contributed by atoms with Gasteiger partial charge in [0.2, 0.25) is 0 Å². The molecule has 0 bridgehead atoms. The maximum atomic E-state index is 9.10. The van der Waals surface area contributed by atoms with Crippen LogP contribution < -0.4 is 10.5 Å². The van der Waals surface area contributed by atoms with Gasteiger partial charge in [0.1, 0.15) is 17.3 Å². The molecule has 0 aliphatic heterocycles. The summed E-state index contributed by atoms with van der Waals surface area (Å²) in [5.41, 5.74) is 6.40. The second kappa shape index (κ2) is 7.57. The highest BCUT2D eigenvalue weighted by Gasteiger charge is 2.24. The van der Waals surface area contributed by atoms with E-state index in [9.17, 15) is 0 Å². The zero-order chi connectivity index (χ0) is 14.4. The smallest absolute Gasteiger partial charge is 0.119 e. The van der Waals surface area contributed by atoms with Crippen LogP contribution in [-0.4, -0.2) is 47.3 Å². The first-order valence-corrected chi connectivity index (χ1v) is 7.49. The molecule has 3 N–H and O–H groups in total. The summed E-state index contributed by atoms with van der Waals surface area (Å²) in [7, 11) is 0. The second-order valence-corrected chi connectivity index (χ2v) is 5.52. The van der Waals surface area contributed by atoms with Crippen molar-refractivity contribution in [3.63, 3.8) is 0 Å². The fourth-order valence-electron chi connectivity index (χ4n) is 2.35. The Labute approximate surface area is 125 Å². The van der Waals surface area contributed by atoms with Crippen molar-refractivity contribution >= 4 is 17.2 Å². The Morgan fingerprint density at radius 3 is 2.50 bits per heavy atom. The number of aliphatic hydroxyl groups excluding tert-OH is 1. The van der Waals surface area contributed by atoms with Gasteiger partial charge in [-0.2, -0.15) is 0 Å². The Balaban J connectivity index is 1.77. The Morgan fingerprint density at radius 1 is 1.30 bits per heavy atom. The van der Waals surface area contributed by atoms with Crippen LogP contribution in [0.5, 0.6) is 5.75 Å². The summed E-state index contributed by atoms with van der Waals surface area (Å²) >= 11 is 4.91. The quantitative estimate of drug-likeness (QED) is 0.712. The molecular weight excluding hydrogens is 272 g/mol. The zero-order valence-corrected chi connectivity index (χ0v) is 12.4. The maximum Gasteiger partial charge on any atom is 0.119 e. The van der Waals surface area contributed by atoms with Gasteiger partial charge in [0.05, 0.1) is 6.61 Å². The van der Waals surface area contributed by atoms with Crippen molar-refractivity contribution in [1.82, 2.24) is 4.90 Å². The van der Waals surface area contributed by atoms with E-state index in [4.69, 9.17) is 27.8 Å². The van der Waals surface area contributed by atoms with E-state index in [0.29, 0.717) is 17.6 Å². The van der Waals surface area contributed by atoms with Gasteiger partial charge >= 0.3 is 0 Å². The number of thiocarbonyl (C=S) groups is 1. The number of hydrogen-bond acceptors (Lipinski definition) is 4. The lowest BCUT2D eigenvalue weighted by Crippen LogP contribution is -2.43. The van der Waals surface area contributed by atoms with Gasteiger partial charge in [0, 0.05) is 24.7 Å². The molecule has 0 radical (unpaired) electrons. The standard InChI is InChI=1S/C15H22N2O2S/c16-15(20)12-4-6-14(7-5-12)19-11-9-17(8-10-18)13-2-1-3-13/h4-7,13,18H,1-3,8-11H2,(H2,16,20). The molecule has 4 nitrogen and oxygen atoms in total. The van der Waals surface area contributed by atoms with Crippen LogP contribution in [0.3, 0.4) is 0 Å². The third kappa shape index (κ3) is 4.16. The van der Waals surface area contributed by atoms with Gasteiger partial charge < -0.3 is 15.6 Å². The van der Waals surface area contributed by atoms with E-state index >= 15 is 0 Å². The second-order valence-electron chi connectivity index (χ2n) is 5.08. The minimum atomic E-state index is 0.207. The van der Waals surface area contributed by atoms with Crippen molar-refractivity contribution in [2.24, 2.45) is 5.73 Å². The number of rotatable bonds is 8. The average Bonchev–Trinajstić information content (AvgIpc) is 2.37. The van der Waals surface area contributed by atoms with E-state index in [-0.39, 0.29) is 6.61 Å². The van der Waals surface area contributed by atoms with Crippen molar-refractivity contribution in [2.45, 2.75) is 25.3 Å². The molecular formula is C15H22N2O2S. The summed E-state index contributed by atoms with van der Waals surface area (Å²) in [5, 5.41) is 9.10. The molecule has 1 saturated carbocycles. The summed E-state index contributed by atoms with van der Waals surface area (Å²) in [6, 6.07) is 8.13. The molecule has 2 rings (SSSR count). The highest BCUT2D eigenvalue weighted by atomic mass is 32.1. The van der Waals surface area contributed by atoms with Gasteiger partial charge in [-0.3, -0.25) is 4.90 Å². The molecule has 1 aromatic carbocycles. The molecule has 1 aliphatic carbocycles. The Kier molecular flexibility index (Phi) is 5.76. The highest BCUT2D eigenvalue weighted by Crippen LogP contribution is 2.24. The van der Waals surface area contributed by atoms with Crippen LogP contribution in [0.1, 0.15) is 24.8 Å². The van der Waals surface area contributed by atoms with Crippen molar-refractivity contribution in [1.29, 1.82) is 0 Å². The molecule has 1 aliphatic rings. The first kappa shape index (κ1) is 15.2. The molecule has 110 valence electrons. The zero-order valence-electron chi connectivity index (χ0n) is 11.6. The van der Waals surface area contributed by atoms with Gasteiger partial charge in [-0.05, 0) is 37.1 Å².